The Morgan fingerprint density at radius 3 is 2.64 bits per heavy atom. The average Bonchev–Trinajstić information content (AvgIpc) is 3.20. The summed E-state index contributed by atoms with van der Waals surface area (Å²) < 4.78 is 21.2. The van der Waals surface area contributed by atoms with Gasteiger partial charge in [-0.05, 0) is 42.5 Å². The van der Waals surface area contributed by atoms with Gasteiger partial charge in [0.1, 0.15) is 10.2 Å². The molecule has 0 fully saturated rings. The number of halogens is 2. The molecule has 0 spiro atoms. The minimum Gasteiger partial charge on any atom is -0.393 e. The topological polar surface area (TPSA) is 56.1 Å². The predicted molar refractivity (Wildman–Crippen MR) is 110 cm³/mol. The maximum absolute atomic E-state index is 13.3. The molecule has 0 saturated heterocycles. The number of hydrogen-bond acceptors (Lipinski definition) is 4. The zero-order valence-corrected chi connectivity index (χ0v) is 17.4. The lowest BCUT2D eigenvalue weighted by molar-refractivity contribution is 0.210. The van der Waals surface area contributed by atoms with Crippen LogP contribution in [0, 0.1) is 11.7 Å². The van der Waals surface area contributed by atoms with Gasteiger partial charge in [0.25, 0.3) is 0 Å². The summed E-state index contributed by atoms with van der Waals surface area (Å²) in [5, 5.41) is 2.94. The fraction of sp³-hybridized carbons (Fsp3) is 0.300. The van der Waals surface area contributed by atoms with Gasteiger partial charge in [-0.1, -0.05) is 48.9 Å². The monoisotopic (exact) mass is 421 g/mol. The molecule has 3 aromatic rings. The van der Waals surface area contributed by atoms with Crippen LogP contribution in [0.5, 0.6) is 5.88 Å². The number of aromatic nitrogens is 2. The Bertz CT molecular complexity index is 953. The summed E-state index contributed by atoms with van der Waals surface area (Å²) in [6, 6.07) is 8.01. The zero-order valence-electron chi connectivity index (χ0n) is 15.8. The Balaban J connectivity index is 1.84. The molecule has 1 aromatic carbocycles. The van der Waals surface area contributed by atoms with Gasteiger partial charge in [0.15, 0.2) is 5.13 Å². The van der Waals surface area contributed by atoms with Gasteiger partial charge < -0.3 is 9.30 Å². The molecule has 2 aromatic heterocycles. The van der Waals surface area contributed by atoms with Crippen LogP contribution >= 0.6 is 22.9 Å². The summed E-state index contributed by atoms with van der Waals surface area (Å²) in [5.41, 5.74) is 1.97. The minimum atomic E-state index is -0.646. The second-order valence-electron chi connectivity index (χ2n) is 6.90. The number of anilines is 1. The standard InChI is InChI=1S/C20H21ClFN3O2S/c1-12(2)8-14-9-18(27-20(26)24-19-23-10-17(21)28-19)25(11-14)13(3)15-4-6-16(22)7-5-15/h4-7,9-13H,8H2,1-3H3,(H,23,24,26). The quantitative estimate of drug-likeness (QED) is 0.518. The third-order valence-corrected chi connectivity index (χ3v) is 5.20. The molecule has 2 heterocycles. The van der Waals surface area contributed by atoms with E-state index in [1.807, 2.05) is 23.8 Å². The first kappa shape index (κ1) is 20.4. The van der Waals surface area contributed by atoms with Crippen molar-refractivity contribution >= 4 is 34.2 Å². The Kier molecular flexibility index (Phi) is 6.36. The molecular weight excluding hydrogens is 401 g/mol. The molecule has 8 heteroatoms. The van der Waals surface area contributed by atoms with Crippen molar-refractivity contribution in [1.82, 2.24) is 9.55 Å². The van der Waals surface area contributed by atoms with Crippen LogP contribution in [0.15, 0.2) is 42.7 Å². The molecule has 28 heavy (non-hydrogen) atoms. The molecule has 3 rings (SSSR count). The van der Waals surface area contributed by atoms with Gasteiger partial charge in [0, 0.05) is 12.3 Å². The molecule has 0 radical (unpaired) electrons. The van der Waals surface area contributed by atoms with E-state index < -0.39 is 6.09 Å². The van der Waals surface area contributed by atoms with Gasteiger partial charge in [0.05, 0.1) is 12.2 Å². The molecule has 0 aliphatic rings. The van der Waals surface area contributed by atoms with Crippen LogP contribution in [-0.2, 0) is 6.42 Å². The molecule has 148 valence electrons. The molecule has 0 aliphatic carbocycles. The second-order valence-corrected chi connectivity index (χ2v) is 8.57. The van der Waals surface area contributed by atoms with E-state index in [1.165, 1.54) is 18.3 Å². The average molecular weight is 422 g/mol. The Hall–Kier alpha value is -2.38. The Morgan fingerprint density at radius 1 is 1.32 bits per heavy atom. The Labute approximate surface area is 172 Å². The van der Waals surface area contributed by atoms with Crippen molar-refractivity contribution in [2.75, 3.05) is 5.32 Å². The largest absolute Gasteiger partial charge is 0.420 e. The van der Waals surface area contributed by atoms with Crippen molar-refractivity contribution in [3.05, 3.63) is 64.0 Å². The summed E-state index contributed by atoms with van der Waals surface area (Å²) >= 11 is 6.98. The number of ether oxygens (including phenoxy) is 1. The highest BCUT2D eigenvalue weighted by molar-refractivity contribution is 7.19. The molecule has 0 bridgehead atoms. The lowest BCUT2D eigenvalue weighted by Gasteiger charge is -2.17. The number of nitrogens with zero attached hydrogens (tertiary/aromatic N) is 2. The summed E-state index contributed by atoms with van der Waals surface area (Å²) in [6.07, 6.45) is 3.63. The number of amides is 1. The number of rotatable bonds is 6. The normalized spacial score (nSPS) is 12.2. The smallest absolute Gasteiger partial charge is 0.393 e. The van der Waals surface area contributed by atoms with Crippen LogP contribution in [0.1, 0.15) is 37.9 Å². The van der Waals surface area contributed by atoms with Crippen LogP contribution in [0.3, 0.4) is 0 Å². The predicted octanol–water partition coefficient (Wildman–Crippen LogP) is 6.16. The van der Waals surface area contributed by atoms with E-state index in [0.29, 0.717) is 21.3 Å². The van der Waals surface area contributed by atoms with E-state index in [4.69, 9.17) is 16.3 Å². The van der Waals surface area contributed by atoms with Crippen molar-refractivity contribution < 1.29 is 13.9 Å². The van der Waals surface area contributed by atoms with E-state index in [0.717, 1.165) is 28.9 Å². The van der Waals surface area contributed by atoms with E-state index in [1.54, 1.807) is 12.1 Å². The van der Waals surface area contributed by atoms with Gasteiger partial charge in [-0.3, -0.25) is 5.32 Å². The molecule has 0 aliphatic heterocycles. The molecule has 1 N–H and O–H groups in total. The molecule has 1 atom stereocenters. The van der Waals surface area contributed by atoms with Gasteiger partial charge >= 0.3 is 6.09 Å². The van der Waals surface area contributed by atoms with Crippen LogP contribution in [0.2, 0.25) is 4.34 Å². The van der Waals surface area contributed by atoms with Gasteiger partial charge in [-0.15, -0.1) is 0 Å². The summed E-state index contributed by atoms with van der Waals surface area (Å²) in [6.45, 7) is 6.22. The van der Waals surface area contributed by atoms with E-state index in [-0.39, 0.29) is 11.9 Å². The Morgan fingerprint density at radius 2 is 2.04 bits per heavy atom. The number of carbonyl (C=O) groups excluding carboxylic acids is 1. The van der Waals surface area contributed by atoms with Crippen molar-refractivity contribution in [2.24, 2.45) is 5.92 Å². The second kappa shape index (κ2) is 8.75. The maximum atomic E-state index is 13.3. The molecular formula is C20H21ClFN3O2S. The van der Waals surface area contributed by atoms with Crippen LogP contribution in [-0.4, -0.2) is 15.6 Å². The first-order chi connectivity index (χ1) is 13.3. The number of nitrogens with one attached hydrogen (secondary N) is 1. The summed E-state index contributed by atoms with van der Waals surface area (Å²) in [7, 11) is 0. The van der Waals surface area contributed by atoms with Crippen molar-refractivity contribution in [2.45, 2.75) is 33.2 Å². The zero-order chi connectivity index (χ0) is 20.3. The van der Waals surface area contributed by atoms with Crippen molar-refractivity contribution in [3.8, 4) is 5.88 Å². The molecule has 0 saturated carbocycles. The summed E-state index contributed by atoms with van der Waals surface area (Å²) in [4.78, 5) is 16.3. The first-order valence-corrected chi connectivity index (χ1v) is 10.1. The minimum absolute atomic E-state index is 0.140. The third kappa shape index (κ3) is 5.11. The SMILES string of the molecule is CC(C)Cc1cc(OC(=O)Nc2ncc(Cl)s2)n(C(C)c2ccc(F)cc2)c1. The lowest BCUT2D eigenvalue weighted by atomic mass is 10.1. The molecule has 5 nitrogen and oxygen atoms in total. The van der Waals surface area contributed by atoms with Crippen LogP contribution < -0.4 is 10.1 Å². The van der Waals surface area contributed by atoms with E-state index >= 15 is 0 Å². The number of thiazole rings is 1. The van der Waals surface area contributed by atoms with Gasteiger partial charge in [0.2, 0.25) is 5.88 Å². The van der Waals surface area contributed by atoms with Crippen LogP contribution in [0.25, 0.3) is 0 Å². The highest BCUT2D eigenvalue weighted by atomic mass is 35.5. The van der Waals surface area contributed by atoms with E-state index in [2.05, 4.69) is 24.1 Å². The number of hydrogen-bond donors (Lipinski definition) is 1. The lowest BCUT2D eigenvalue weighted by Crippen LogP contribution is -2.19. The summed E-state index contributed by atoms with van der Waals surface area (Å²) in [5.74, 6) is 0.575. The van der Waals surface area contributed by atoms with Crippen molar-refractivity contribution in [3.63, 3.8) is 0 Å². The third-order valence-electron chi connectivity index (χ3n) is 4.17. The highest BCUT2D eigenvalue weighted by Crippen LogP contribution is 2.29. The van der Waals surface area contributed by atoms with Crippen LogP contribution in [0.4, 0.5) is 14.3 Å². The number of carbonyl (C=O) groups is 1. The first-order valence-electron chi connectivity index (χ1n) is 8.88. The fourth-order valence-electron chi connectivity index (χ4n) is 2.90. The fourth-order valence-corrected chi connectivity index (χ4v) is 3.70. The van der Waals surface area contributed by atoms with Gasteiger partial charge in [-0.25, -0.2) is 14.2 Å². The van der Waals surface area contributed by atoms with Gasteiger partial charge in [-0.2, -0.15) is 0 Å². The maximum Gasteiger partial charge on any atom is 0.420 e. The molecule has 1 unspecified atom stereocenters. The highest BCUT2D eigenvalue weighted by Gasteiger charge is 2.18. The number of benzene rings is 1. The molecule has 1 amide bonds. The van der Waals surface area contributed by atoms with E-state index in [9.17, 15) is 9.18 Å². The van der Waals surface area contributed by atoms with Crippen molar-refractivity contribution in [1.29, 1.82) is 0 Å².